The zero-order valence-electron chi connectivity index (χ0n) is 15.1. The predicted octanol–water partition coefficient (Wildman–Crippen LogP) is 4.09. The van der Waals surface area contributed by atoms with Crippen molar-refractivity contribution in [1.29, 1.82) is 0 Å². The second-order valence-electron chi connectivity index (χ2n) is 5.65. The SMILES string of the molecule is O=[P+]([O-])Oc1ccc2ccccc2c1.O=[P+]([O-])Oc1ccc2ccccc2c1.[Ca+2]. The van der Waals surface area contributed by atoms with Gasteiger partial charge < -0.3 is 9.79 Å². The Bertz CT molecular complexity index is 1060. The van der Waals surface area contributed by atoms with Gasteiger partial charge in [-0.1, -0.05) is 60.7 Å². The third-order valence-electron chi connectivity index (χ3n) is 3.80. The van der Waals surface area contributed by atoms with Crippen molar-refractivity contribution < 1.29 is 28.0 Å². The van der Waals surface area contributed by atoms with E-state index in [1.165, 1.54) is 0 Å². The van der Waals surface area contributed by atoms with Gasteiger partial charge in [-0.3, -0.25) is 9.05 Å². The van der Waals surface area contributed by atoms with E-state index in [1.54, 1.807) is 24.3 Å². The van der Waals surface area contributed by atoms with E-state index in [1.807, 2.05) is 60.7 Å². The smallest absolute Gasteiger partial charge is 0.558 e. The van der Waals surface area contributed by atoms with Crippen LogP contribution in [0, 0.1) is 0 Å². The van der Waals surface area contributed by atoms with Gasteiger partial charge in [-0.2, -0.15) is 0 Å². The summed E-state index contributed by atoms with van der Waals surface area (Å²) in [6, 6.07) is 25.7. The van der Waals surface area contributed by atoms with Crippen LogP contribution in [0.1, 0.15) is 0 Å². The van der Waals surface area contributed by atoms with Crippen molar-refractivity contribution in [2.75, 3.05) is 0 Å². The molecule has 4 aromatic carbocycles. The number of fused-ring (bicyclic) bond motifs is 2. The van der Waals surface area contributed by atoms with E-state index in [0.717, 1.165) is 21.5 Å². The van der Waals surface area contributed by atoms with Gasteiger partial charge in [0.05, 0.1) is 0 Å². The van der Waals surface area contributed by atoms with E-state index in [-0.39, 0.29) is 37.7 Å². The van der Waals surface area contributed by atoms with Gasteiger partial charge in [-0.15, -0.1) is 0 Å². The standard InChI is InChI=1S/2C10H7O3P.Ca/c2*11-14(12)13-10-6-5-8-3-1-2-4-9(8)7-10;/h2*1-7H;/q;;+2. The van der Waals surface area contributed by atoms with Gasteiger partial charge >= 0.3 is 54.2 Å². The monoisotopic (exact) mass is 452 g/mol. The predicted molar refractivity (Wildman–Crippen MR) is 110 cm³/mol. The summed E-state index contributed by atoms with van der Waals surface area (Å²) in [6.07, 6.45) is 0. The van der Waals surface area contributed by atoms with Gasteiger partial charge in [0, 0.05) is 0 Å². The molecule has 4 rings (SSSR count). The molecule has 0 aliphatic carbocycles. The molecule has 4 aromatic rings. The average molecular weight is 452 g/mol. The van der Waals surface area contributed by atoms with Crippen LogP contribution in [-0.2, 0) is 9.13 Å². The normalized spacial score (nSPS) is 11.0. The van der Waals surface area contributed by atoms with Crippen LogP contribution in [0.5, 0.6) is 11.5 Å². The first-order valence-electron chi connectivity index (χ1n) is 8.13. The van der Waals surface area contributed by atoms with Crippen LogP contribution in [0.25, 0.3) is 21.5 Å². The summed E-state index contributed by atoms with van der Waals surface area (Å²) in [7, 11) is -5.66. The maximum absolute atomic E-state index is 10.3. The second-order valence-corrected chi connectivity index (χ2v) is 6.91. The average Bonchev–Trinajstić information content (AvgIpc) is 2.67. The molecular weight excluding hydrogens is 438 g/mol. The minimum atomic E-state index is -2.83. The van der Waals surface area contributed by atoms with E-state index in [2.05, 4.69) is 9.05 Å². The Morgan fingerprint density at radius 3 is 1.24 bits per heavy atom. The molecule has 0 N–H and O–H groups in total. The summed E-state index contributed by atoms with van der Waals surface area (Å²) < 4.78 is 29.8. The third-order valence-corrected chi connectivity index (χ3v) is 4.52. The van der Waals surface area contributed by atoms with E-state index in [9.17, 15) is 18.9 Å². The Labute approximate surface area is 199 Å². The van der Waals surface area contributed by atoms with Crippen LogP contribution in [0.15, 0.2) is 84.9 Å². The van der Waals surface area contributed by atoms with Crippen LogP contribution in [0.3, 0.4) is 0 Å². The number of benzene rings is 4. The fourth-order valence-electron chi connectivity index (χ4n) is 2.62. The summed E-state index contributed by atoms with van der Waals surface area (Å²) in [6.45, 7) is 0. The molecule has 6 nitrogen and oxygen atoms in total. The maximum atomic E-state index is 10.3. The molecule has 0 radical (unpaired) electrons. The summed E-state index contributed by atoms with van der Waals surface area (Å²) >= 11 is 0. The van der Waals surface area contributed by atoms with Crippen LogP contribution >= 0.6 is 16.5 Å². The van der Waals surface area contributed by atoms with Crippen molar-refractivity contribution >= 4 is 75.8 Å². The molecule has 0 aliphatic rings. The topological polar surface area (TPSA) is 98.7 Å². The first-order chi connectivity index (χ1) is 13.5. The van der Waals surface area contributed by atoms with Crippen molar-refractivity contribution in [1.82, 2.24) is 0 Å². The molecule has 29 heavy (non-hydrogen) atoms. The molecule has 0 saturated heterocycles. The van der Waals surface area contributed by atoms with Crippen LogP contribution in [-0.4, -0.2) is 37.7 Å². The Kier molecular flexibility index (Phi) is 9.41. The Morgan fingerprint density at radius 2 is 0.897 bits per heavy atom. The molecule has 0 saturated carbocycles. The first-order valence-corrected chi connectivity index (χ1v) is 10.3. The number of hydrogen-bond donors (Lipinski definition) is 0. The van der Waals surface area contributed by atoms with Gasteiger partial charge in [0.25, 0.3) is 0 Å². The molecule has 0 fully saturated rings. The molecule has 0 bridgehead atoms. The second kappa shape index (κ2) is 11.5. The van der Waals surface area contributed by atoms with Crippen LogP contribution in [0.4, 0.5) is 0 Å². The van der Waals surface area contributed by atoms with Gasteiger partial charge in [0.1, 0.15) is 0 Å². The van der Waals surface area contributed by atoms with Gasteiger partial charge in [-0.25, -0.2) is 0 Å². The van der Waals surface area contributed by atoms with Crippen LogP contribution in [0.2, 0.25) is 0 Å². The minimum absolute atomic E-state index is 0. The van der Waals surface area contributed by atoms with Gasteiger partial charge in [-0.05, 0) is 54.9 Å². The third kappa shape index (κ3) is 7.29. The molecule has 0 aliphatic heterocycles. The maximum Gasteiger partial charge on any atom is 2.00 e. The van der Waals surface area contributed by atoms with Crippen molar-refractivity contribution in [3.63, 3.8) is 0 Å². The van der Waals surface area contributed by atoms with Crippen molar-refractivity contribution in [2.45, 2.75) is 0 Å². The van der Waals surface area contributed by atoms with E-state index in [0.29, 0.717) is 11.5 Å². The molecular formula is C20H14CaO6P2+2. The molecule has 9 heteroatoms. The van der Waals surface area contributed by atoms with E-state index >= 15 is 0 Å². The minimum Gasteiger partial charge on any atom is -0.558 e. The van der Waals surface area contributed by atoms with E-state index in [4.69, 9.17) is 0 Å². The van der Waals surface area contributed by atoms with Gasteiger partial charge in [0.2, 0.25) is 0 Å². The molecule has 2 atom stereocenters. The molecule has 0 amide bonds. The zero-order valence-corrected chi connectivity index (χ0v) is 19.1. The fourth-order valence-corrected chi connectivity index (χ4v) is 3.19. The molecule has 2 unspecified atom stereocenters. The van der Waals surface area contributed by atoms with Crippen molar-refractivity contribution in [2.24, 2.45) is 0 Å². The summed E-state index contributed by atoms with van der Waals surface area (Å²) in [5, 5.41) is 4.03. The first kappa shape index (κ1) is 23.7. The summed E-state index contributed by atoms with van der Waals surface area (Å²) in [4.78, 5) is 20.6. The van der Waals surface area contributed by atoms with Crippen molar-refractivity contribution in [3.8, 4) is 11.5 Å². The number of rotatable bonds is 4. The Balaban J connectivity index is 0.000000200. The molecule has 0 spiro atoms. The Hall–Kier alpha value is -1.62. The molecule has 0 aromatic heterocycles. The fraction of sp³-hybridized carbons (Fsp3) is 0. The molecule has 140 valence electrons. The summed E-state index contributed by atoms with van der Waals surface area (Å²) in [5.74, 6) is 0.694. The zero-order chi connectivity index (χ0) is 19.9. The molecule has 0 heterocycles. The van der Waals surface area contributed by atoms with Crippen LogP contribution < -0.4 is 18.8 Å². The van der Waals surface area contributed by atoms with E-state index < -0.39 is 16.5 Å². The van der Waals surface area contributed by atoms with Gasteiger partial charge in [0.15, 0.2) is 11.5 Å². The quantitative estimate of drug-likeness (QED) is 0.342. The van der Waals surface area contributed by atoms with Crippen molar-refractivity contribution in [3.05, 3.63) is 84.9 Å². The number of hydrogen-bond acceptors (Lipinski definition) is 6. The Morgan fingerprint density at radius 1 is 0.552 bits per heavy atom. The largest absolute Gasteiger partial charge is 2.00 e. The summed E-state index contributed by atoms with van der Waals surface area (Å²) in [5.41, 5.74) is 0.